The van der Waals surface area contributed by atoms with E-state index in [0.717, 1.165) is 16.7 Å². The minimum atomic E-state index is -0.210. The quantitative estimate of drug-likeness (QED) is 0.626. The molecule has 2 saturated heterocycles. The standard InChI is InChI=1S/C23H25N3O5/c1-28-17-6-4-7-18(9-17)31-19-14-29-21-11-25(12-22(21)30-15-19)23(27)13-26-10-16-5-2-3-8-20(16)24-26/h2-10,19,21-22H,11-15H2,1H3/t21-,22-/m0/s1. The molecule has 8 nitrogen and oxygen atoms in total. The molecule has 2 fully saturated rings. The van der Waals surface area contributed by atoms with Gasteiger partial charge < -0.3 is 23.8 Å². The van der Waals surface area contributed by atoms with Crippen LogP contribution in [0.15, 0.2) is 54.7 Å². The normalized spacial score (nSPS) is 21.6. The third-order valence-corrected chi connectivity index (χ3v) is 5.66. The second-order valence-electron chi connectivity index (χ2n) is 7.85. The maximum absolute atomic E-state index is 12.8. The van der Waals surface area contributed by atoms with Crippen LogP contribution in [0, 0.1) is 0 Å². The molecule has 3 heterocycles. The Labute approximate surface area is 180 Å². The number of benzene rings is 2. The molecule has 0 unspecified atom stereocenters. The molecule has 3 aromatic rings. The van der Waals surface area contributed by atoms with Crippen molar-refractivity contribution in [2.75, 3.05) is 33.4 Å². The molecule has 0 bridgehead atoms. The van der Waals surface area contributed by atoms with Crippen LogP contribution >= 0.6 is 0 Å². The zero-order chi connectivity index (χ0) is 21.2. The first kappa shape index (κ1) is 19.8. The highest BCUT2D eigenvalue weighted by Gasteiger charge is 2.39. The Balaban J connectivity index is 1.16. The SMILES string of the molecule is COc1cccc(OC2CO[C@H]3CN(C(=O)Cn4cc5ccccc5n4)C[C@@H]3OC2)c1. The summed E-state index contributed by atoms with van der Waals surface area (Å²) >= 11 is 0. The Morgan fingerprint density at radius 3 is 2.55 bits per heavy atom. The van der Waals surface area contributed by atoms with Gasteiger partial charge in [0.2, 0.25) is 5.91 Å². The third kappa shape index (κ3) is 4.35. The lowest BCUT2D eigenvalue weighted by Gasteiger charge is -2.20. The molecule has 8 heteroatoms. The molecule has 0 radical (unpaired) electrons. The number of ether oxygens (including phenoxy) is 4. The van der Waals surface area contributed by atoms with Gasteiger partial charge in [-0.05, 0) is 18.2 Å². The van der Waals surface area contributed by atoms with E-state index in [1.54, 1.807) is 16.7 Å². The molecule has 2 atom stereocenters. The largest absolute Gasteiger partial charge is 0.497 e. The summed E-state index contributed by atoms with van der Waals surface area (Å²) in [6, 6.07) is 15.3. The molecule has 2 aromatic carbocycles. The zero-order valence-electron chi connectivity index (χ0n) is 17.3. The minimum absolute atomic E-state index is 0.0114. The molecule has 1 aromatic heterocycles. The fourth-order valence-electron chi connectivity index (χ4n) is 4.05. The Hall–Kier alpha value is -3.10. The van der Waals surface area contributed by atoms with Crippen molar-refractivity contribution in [3.63, 3.8) is 0 Å². The van der Waals surface area contributed by atoms with Gasteiger partial charge in [0.25, 0.3) is 0 Å². The Kier molecular flexibility index (Phi) is 5.48. The molecule has 1 amide bonds. The summed E-state index contributed by atoms with van der Waals surface area (Å²) in [5, 5.41) is 5.50. The number of rotatable bonds is 5. The van der Waals surface area contributed by atoms with Crippen LogP contribution in [0.2, 0.25) is 0 Å². The highest BCUT2D eigenvalue weighted by Crippen LogP contribution is 2.24. The van der Waals surface area contributed by atoms with Crippen LogP contribution in [-0.2, 0) is 20.8 Å². The van der Waals surface area contributed by atoms with E-state index >= 15 is 0 Å². The van der Waals surface area contributed by atoms with E-state index < -0.39 is 0 Å². The lowest BCUT2D eigenvalue weighted by atomic mass is 10.3. The Bertz CT molecular complexity index is 1020. The van der Waals surface area contributed by atoms with Gasteiger partial charge in [-0.2, -0.15) is 5.10 Å². The molecule has 0 N–H and O–H groups in total. The van der Waals surface area contributed by atoms with Crippen LogP contribution < -0.4 is 9.47 Å². The Morgan fingerprint density at radius 1 is 1.06 bits per heavy atom. The number of amides is 1. The molecule has 162 valence electrons. The summed E-state index contributed by atoms with van der Waals surface area (Å²) in [4.78, 5) is 14.6. The summed E-state index contributed by atoms with van der Waals surface area (Å²) in [6.07, 6.45) is 1.38. The highest BCUT2D eigenvalue weighted by atomic mass is 16.6. The van der Waals surface area contributed by atoms with Crippen molar-refractivity contribution in [1.82, 2.24) is 14.7 Å². The van der Waals surface area contributed by atoms with Gasteiger partial charge in [0, 0.05) is 30.7 Å². The molecule has 0 aliphatic carbocycles. The molecule has 2 aliphatic rings. The Morgan fingerprint density at radius 2 is 1.81 bits per heavy atom. The lowest BCUT2D eigenvalue weighted by Crippen LogP contribution is -2.35. The van der Waals surface area contributed by atoms with Crippen molar-refractivity contribution in [1.29, 1.82) is 0 Å². The summed E-state index contributed by atoms with van der Waals surface area (Å²) in [5.74, 6) is 1.47. The number of carbonyl (C=O) groups is 1. The third-order valence-electron chi connectivity index (χ3n) is 5.66. The highest BCUT2D eigenvalue weighted by molar-refractivity contribution is 5.80. The van der Waals surface area contributed by atoms with Crippen molar-refractivity contribution < 1.29 is 23.7 Å². The van der Waals surface area contributed by atoms with E-state index in [9.17, 15) is 4.79 Å². The van der Waals surface area contributed by atoms with E-state index in [0.29, 0.717) is 32.1 Å². The molecule has 0 saturated carbocycles. The van der Waals surface area contributed by atoms with Gasteiger partial charge in [-0.25, -0.2) is 0 Å². The summed E-state index contributed by atoms with van der Waals surface area (Å²) in [5.41, 5.74) is 0.885. The first-order valence-corrected chi connectivity index (χ1v) is 10.4. The van der Waals surface area contributed by atoms with E-state index in [2.05, 4.69) is 5.10 Å². The van der Waals surface area contributed by atoms with Crippen molar-refractivity contribution in [3.8, 4) is 11.5 Å². The van der Waals surface area contributed by atoms with Gasteiger partial charge in [0.15, 0.2) is 0 Å². The topological polar surface area (TPSA) is 75.0 Å². The van der Waals surface area contributed by atoms with Crippen molar-refractivity contribution in [2.45, 2.75) is 24.9 Å². The van der Waals surface area contributed by atoms with Crippen LogP contribution in [0.4, 0.5) is 0 Å². The first-order chi connectivity index (χ1) is 15.2. The van der Waals surface area contributed by atoms with E-state index in [1.807, 2.05) is 54.7 Å². The smallest absolute Gasteiger partial charge is 0.244 e. The number of nitrogens with zero attached hydrogens (tertiary/aromatic N) is 3. The summed E-state index contributed by atoms with van der Waals surface area (Å²) < 4.78 is 25.0. The average Bonchev–Trinajstić information content (AvgIpc) is 3.34. The van der Waals surface area contributed by atoms with Crippen LogP contribution in [0.3, 0.4) is 0 Å². The molecule has 2 aliphatic heterocycles. The van der Waals surface area contributed by atoms with Crippen LogP contribution in [0.5, 0.6) is 11.5 Å². The minimum Gasteiger partial charge on any atom is -0.497 e. The van der Waals surface area contributed by atoms with Crippen molar-refractivity contribution in [3.05, 3.63) is 54.7 Å². The number of fused-ring (bicyclic) bond motifs is 2. The van der Waals surface area contributed by atoms with Gasteiger partial charge in [0.1, 0.15) is 36.4 Å². The number of hydrogen-bond acceptors (Lipinski definition) is 6. The summed E-state index contributed by atoms with van der Waals surface area (Å²) in [6.45, 7) is 2.04. The number of carbonyl (C=O) groups excluding carboxylic acids is 1. The monoisotopic (exact) mass is 423 g/mol. The maximum Gasteiger partial charge on any atom is 0.244 e. The second kappa shape index (κ2) is 8.56. The number of methoxy groups -OCH3 is 1. The fourth-order valence-corrected chi connectivity index (χ4v) is 4.05. The van der Waals surface area contributed by atoms with E-state index in [4.69, 9.17) is 18.9 Å². The molecular weight excluding hydrogens is 398 g/mol. The van der Waals surface area contributed by atoms with E-state index in [-0.39, 0.29) is 30.8 Å². The predicted molar refractivity (Wildman–Crippen MR) is 113 cm³/mol. The molecule has 5 rings (SSSR count). The van der Waals surface area contributed by atoms with Crippen molar-refractivity contribution >= 4 is 16.8 Å². The maximum atomic E-state index is 12.8. The second-order valence-corrected chi connectivity index (χ2v) is 7.85. The predicted octanol–water partition coefficient (Wildman–Crippen LogP) is 2.12. The van der Waals surface area contributed by atoms with Gasteiger partial charge in [-0.1, -0.05) is 24.3 Å². The molecule has 0 spiro atoms. The zero-order valence-corrected chi connectivity index (χ0v) is 17.3. The van der Waals surface area contributed by atoms with Crippen molar-refractivity contribution in [2.24, 2.45) is 0 Å². The van der Waals surface area contributed by atoms with Gasteiger partial charge >= 0.3 is 0 Å². The van der Waals surface area contributed by atoms with Gasteiger partial charge in [-0.15, -0.1) is 0 Å². The number of aromatic nitrogens is 2. The lowest BCUT2D eigenvalue weighted by molar-refractivity contribution is -0.132. The van der Waals surface area contributed by atoms with Gasteiger partial charge in [-0.3, -0.25) is 9.48 Å². The molecule has 31 heavy (non-hydrogen) atoms. The van der Waals surface area contributed by atoms with Gasteiger partial charge in [0.05, 0.1) is 25.8 Å². The summed E-state index contributed by atoms with van der Waals surface area (Å²) in [7, 11) is 1.62. The van der Waals surface area contributed by atoms with E-state index in [1.165, 1.54) is 0 Å². The van der Waals surface area contributed by atoms with Crippen LogP contribution in [0.1, 0.15) is 0 Å². The molecular formula is C23H25N3O5. The average molecular weight is 423 g/mol. The number of hydrogen-bond donors (Lipinski definition) is 0. The van der Waals surface area contributed by atoms with Crippen LogP contribution in [0.25, 0.3) is 10.9 Å². The fraction of sp³-hybridized carbons (Fsp3) is 0.391. The number of likely N-dealkylation sites (tertiary alicyclic amines) is 1. The first-order valence-electron chi connectivity index (χ1n) is 10.4. The van der Waals surface area contributed by atoms with Crippen LogP contribution in [-0.4, -0.2) is 72.3 Å².